The van der Waals surface area contributed by atoms with Crippen molar-refractivity contribution in [3.63, 3.8) is 0 Å². The quantitative estimate of drug-likeness (QED) is 0.867. The fourth-order valence-corrected chi connectivity index (χ4v) is 3.60. The summed E-state index contributed by atoms with van der Waals surface area (Å²) >= 11 is 3.04. The molecule has 20 heavy (non-hydrogen) atoms. The lowest BCUT2D eigenvalue weighted by atomic mass is 10.1. The molecule has 0 saturated carbocycles. The second-order valence-corrected chi connectivity index (χ2v) is 6.74. The Morgan fingerprint density at radius 2 is 2.25 bits per heavy atom. The molecule has 0 spiro atoms. The highest BCUT2D eigenvalue weighted by Gasteiger charge is 2.15. The topological polar surface area (TPSA) is 37.8 Å². The zero-order chi connectivity index (χ0) is 14.5. The predicted octanol–water partition coefficient (Wildman–Crippen LogP) is 4.20. The van der Waals surface area contributed by atoms with E-state index in [1.165, 1.54) is 11.3 Å². The number of aromatic nitrogens is 2. The number of rotatable bonds is 6. The number of halogens is 1. The summed E-state index contributed by atoms with van der Waals surface area (Å²) in [6.45, 7) is 6.88. The van der Waals surface area contributed by atoms with Gasteiger partial charge >= 0.3 is 0 Å². The molecule has 1 unspecified atom stereocenters. The average molecular weight is 311 g/mol. The lowest BCUT2D eigenvalue weighted by Gasteiger charge is -2.18. The van der Waals surface area contributed by atoms with E-state index in [4.69, 9.17) is 0 Å². The second kappa shape index (κ2) is 7.15. The van der Waals surface area contributed by atoms with Gasteiger partial charge in [0.1, 0.15) is 11.3 Å². The van der Waals surface area contributed by atoms with Crippen molar-refractivity contribution in [3.8, 4) is 0 Å². The minimum Gasteiger partial charge on any atom is -0.310 e. The van der Waals surface area contributed by atoms with Gasteiger partial charge in [-0.3, -0.25) is 0 Å². The van der Waals surface area contributed by atoms with Crippen molar-refractivity contribution in [1.82, 2.24) is 15.5 Å². The molecule has 1 aromatic heterocycles. The molecule has 1 atom stereocenters. The summed E-state index contributed by atoms with van der Waals surface area (Å²) in [5.74, 6) is -0.160. The second-order valence-electron chi connectivity index (χ2n) is 4.62. The van der Waals surface area contributed by atoms with Crippen LogP contribution in [-0.4, -0.2) is 16.7 Å². The van der Waals surface area contributed by atoms with Gasteiger partial charge in [-0.25, -0.2) is 4.39 Å². The Morgan fingerprint density at radius 3 is 2.90 bits per heavy atom. The van der Waals surface area contributed by atoms with E-state index in [-0.39, 0.29) is 11.9 Å². The van der Waals surface area contributed by atoms with Crippen LogP contribution < -0.4 is 5.32 Å². The van der Waals surface area contributed by atoms with Crippen LogP contribution in [0.15, 0.2) is 26.9 Å². The van der Waals surface area contributed by atoms with Crippen molar-refractivity contribution in [2.45, 2.75) is 42.5 Å². The summed E-state index contributed by atoms with van der Waals surface area (Å²) in [5.41, 5.74) is 3.34. The molecule has 6 heteroatoms. The molecule has 108 valence electrons. The van der Waals surface area contributed by atoms with Gasteiger partial charge in [0.15, 0.2) is 4.34 Å². The van der Waals surface area contributed by atoms with E-state index in [1.54, 1.807) is 30.3 Å². The predicted molar refractivity (Wildman–Crippen MR) is 81.9 cm³/mol. The standard InChI is InChI=1S/C14H18FN3S2/c1-4-5-16-10(3)11-7-12(15)9(2)6-13(11)20-14-18-17-8-19-14/h6-8,10,16H,4-5H2,1-3H3. The molecule has 0 aliphatic heterocycles. The highest BCUT2D eigenvalue weighted by Crippen LogP contribution is 2.35. The molecule has 0 saturated heterocycles. The molecular formula is C14H18FN3S2. The minimum absolute atomic E-state index is 0.112. The third kappa shape index (κ3) is 3.77. The summed E-state index contributed by atoms with van der Waals surface area (Å²) in [6.07, 6.45) is 1.05. The molecule has 0 fully saturated rings. The van der Waals surface area contributed by atoms with Gasteiger partial charge < -0.3 is 5.32 Å². The molecule has 3 nitrogen and oxygen atoms in total. The Labute approximate surface area is 127 Å². The summed E-state index contributed by atoms with van der Waals surface area (Å²) in [7, 11) is 0. The van der Waals surface area contributed by atoms with E-state index < -0.39 is 0 Å². The lowest BCUT2D eigenvalue weighted by molar-refractivity contribution is 0.552. The van der Waals surface area contributed by atoms with Gasteiger partial charge in [0, 0.05) is 10.9 Å². The van der Waals surface area contributed by atoms with Crippen molar-refractivity contribution in [1.29, 1.82) is 0 Å². The van der Waals surface area contributed by atoms with Crippen molar-refractivity contribution in [3.05, 3.63) is 34.6 Å². The Bertz CT molecular complexity index is 558. The molecular weight excluding hydrogens is 293 g/mol. The third-order valence-electron chi connectivity index (χ3n) is 3.00. The monoisotopic (exact) mass is 311 g/mol. The fourth-order valence-electron chi connectivity index (χ4n) is 1.87. The number of benzene rings is 1. The van der Waals surface area contributed by atoms with Gasteiger partial charge in [-0.15, -0.1) is 10.2 Å². The van der Waals surface area contributed by atoms with Crippen molar-refractivity contribution in [2.75, 3.05) is 6.54 Å². The van der Waals surface area contributed by atoms with Crippen LogP contribution in [-0.2, 0) is 0 Å². The molecule has 0 amide bonds. The third-order valence-corrected chi connectivity index (χ3v) is 4.85. The maximum Gasteiger partial charge on any atom is 0.178 e. The molecule has 1 N–H and O–H groups in total. The molecule has 0 aliphatic carbocycles. The largest absolute Gasteiger partial charge is 0.310 e. The number of hydrogen-bond donors (Lipinski definition) is 1. The van der Waals surface area contributed by atoms with Crippen molar-refractivity contribution >= 4 is 23.1 Å². The summed E-state index contributed by atoms with van der Waals surface area (Å²) in [4.78, 5) is 1.04. The van der Waals surface area contributed by atoms with Gasteiger partial charge in [-0.1, -0.05) is 30.0 Å². The van der Waals surface area contributed by atoms with E-state index >= 15 is 0 Å². The fraction of sp³-hybridized carbons (Fsp3) is 0.429. The first-order chi connectivity index (χ1) is 9.61. The van der Waals surface area contributed by atoms with Crippen molar-refractivity contribution in [2.24, 2.45) is 0 Å². The number of nitrogens with zero attached hydrogens (tertiary/aromatic N) is 2. The van der Waals surface area contributed by atoms with E-state index in [2.05, 4.69) is 29.4 Å². The number of nitrogens with one attached hydrogen (secondary N) is 1. The summed E-state index contributed by atoms with van der Waals surface area (Å²) in [6, 6.07) is 3.63. The normalized spacial score (nSPS) is 12.6. The summed E-state index contributed by atoms with van der Waals surface area (Å²) < 4.78 is 14.7. The first kappa shape index (κ1) is 15.4. The average Bonchev–Trinajstić information content (AvgIpc) is 2.92. The van der Waals surface area contributed by atoms with Crippen LogP contribution in [0.25, 0.3) is 0 Å². The van der Waals surface area contributed by atoms with Crippen molar-refractivity contribution < 1.29 is 4.39 Å². The zero-order valence-electron chi connectivity index (χ0n) is 11.8. The Kier molecular flexibility index (Phi) is 5.51. The van der Waals surface area contributed by atoms with Gasteiger partial charge in [0.25, 0.3) is 0 Å². The van der Waals surface area contributed by atoms with Crippen LogP contribution in [0.4, 0.5) is 4.39 Å². The van der Waals surface area contributed by atoms with Crippen LogP contribution in [0.3, 0.4) is 0 Å². The maximum atomic E-state index is 13.9. The maximum absolute atomic E-state index is 13.9. The van der Waals surface area contributed by atoms with Crippen LogP contribution in [0.2, 0.25) is 0 Å². The molecule has 1 heterocycles. The van der Waals surface area contributed by atoms with Gasteiger partial charge in [-0.2, -0.15) is 0 Å². The molecule has 2 rings (SSSR count). The Hall–Kier alpha value is -0.980. The first-order valence-corrected chi connectivity index (χ1v) is 8.29. The van der Waals surface area contributed by atoms with Crippen LogP contribution in [0.5, 0.6) is 0 Å². The van der Waals surface area contributed by atoms with Gasteiger partial charge in [0.2, 0.25) is 0 Å². The van der Waals surface area contributed by atoms with E-state index in [9.17, 15) is 4.39 Å². The number of hydrogen-bond acceptors (Lipinski definition) is 5. The highest BCUT2D eigenvalue weighted by molar-refractivity contribution is 8.01. The Morgan fingerprint density at radius 1 is 1.45 bits per heavy atom. The molecule has 0 radical (unpaired) electrons. The first-order valence-electron chi connectivity index (χ1n) is 6.59. The van der Waals surface area contributed by atoms with E-state index in [0.29, 0.717) is 5.56 Å². The van der Waals surface area contributed by atoms with E-state index in [0.717, 1.165) is 27.8 Å². The summed E-state index contributed by atoms with van der Waals surface area (Å²) in [5, 5.41) is 11.3. The highest BCUT2D eigenvalue weighted by atomic mass is 32.2. The van der Waals surface area contributed by atoms with E-state index in [1.807, 2.05) is 6.07 Å². The SMILES string of the molecule is CCCNC(C)c1cc(F)c(C)cc1Sc1nncs1. The molecule has 2 aromatic rings. The molecule has 1 aromatic carbocycles. The Balaban J connectivity index is 2.30. The smallest absolute Gasteiger partial charge is 0.178 e. The van der Waals surface area contributed by atoms with Gasteiger partial charge in [-0.05, 0) is 50.1 Å². The lowest BCUT2D eigenvalue weighted by Crippen LogP contribution is -2.20. The molecule has 0 aliphatic rings. The van der Waals surface area contributed by atoms with Crippen LogP contribution in [0.1, 0.15) is 37.4 Å². The van der Waals surface area contributed by atoms with Crippen LogP contribution >= 0.6 is 23.1 Å². The minimum atomic E-state index is -0.160. The molecule has 0 bridgehead atoms. The van der Waals surface area contributed by atoms with Gasteiger partial charge in [0.05, 0.1) is 0 Å². The van der Waals surface area contributed by atoms with Crippen LogP contribution in [0, 0.1) is 12.7 Å². The number of aryl methyl sites for hydroxylation is 1. The zero-order valence-corrected chi connectivity index (χ0v) is 13.4.